The number of benzene rings is 2. The first-order valence-corrected chi connectivity index (χ1v) is 10.1. The average molecular weight is 412 g/mol. The van der Waals surface area contributed by atoms with Gasteiger partial charge < -0.3 is 14.1 Å². The summed E-state index contributed by atoms with van der Waals surface area (Å²) in [5.74, 6) is 0.124. The number of ether oxygens (including phenoxy) is 1. The fourth-order valence-corrected chi connectivity index (χ4v) is 3.80. The van der Waals surface area contributed by atoms with Gasteiger partial charge in [-0.25, -0.2) is 0 Å². The number of amides is 1. The number of fused-ring (bicyclic) bond motifs is 1. The molecule has 2 aromatic carbocycles. The molecule has 1 aromatic heterocycles. The zero-order valence-electron chi connectivity index (χ0n) is 16.5. The number of aryl methyl sites for hydroxylation is 2. The zero-order chi connectivity index (χ0) is 20.5. The number of hydrogen-bond donors (Lipinski definition) is 0. The minimum absolute atomic E-state index is 0.0152. The molecule has 0 atom stereocenters. The van der Waals surface area contributed by atoms with Gasteiger partial charge in [-0.05, 0) is 62.1 Å². The van der Waals surface area contributed by atoms with Gasteiger partial charge >= 0.3 is 0 Å². The highest BCUT2D eigenvalue weighted by Crippen LogP contribution is 2.35. The van der Waals surface area contributed by atoms with Crippen molar-refractivity contribution in [3.05, 3.63) is 62.8 Å². The van der Waals surface area contributed by atoms with Gasteiger partial charge in [-0.3, -0.25) is 9.59 Å². The van der Waals surface area contributed by atoms with E-state index in [0.717, 1.165) is 37.1 Å². The average Bonchev–Trinajstić information content (AvgIpc) is 3.24. The van der Waals surface area contributed by atoms with Crippen LogP contribution in [0.25, 0.3) is 22.3 Å². The van der Waals surface area contributed by atoms with E-state index in [0.29, 0.717) is 21.6 Å². The van der Waals surface area contributed by atoms with Crippen molar-refractivity contribution in [2.45, 2.75) is 26.7 Å². The molecule has 150 valence electrons. The standard InChI is InChI=1S/C23H22ClNO4/c1-14-11-17-19(12-15(14)2)29-22(16-7-3-4-8-18(16)24)23(21(17)27)28-13-20(26)25-9-5-6-10-25/h3-4,7-8,11-12H,5-6,9-10,13H2,1-2H3. The van der Waals surface area contributed by atoms with Gasteiger partial charge in [0, 0.05) is 18.7 Å². The number of carbonyl (C=O) groups is 1. The lowest BCUT2D eigenvalue weighted by Gasteiger charge is -2.17. The molecular weight excluding hydrogens is 390 g/mol. The van der Waals surface area contributed by atoms with Crippen molar-refractivity contribution < 1.29 is 13.9 Å². The molecule has 6 heteroatoms. The molecule has 5 nitrogen and oxygen atoms in total. The third-order valence-electron chi connectivity index (χ3n) is 5.38. The predicted molar refractivity (Wildman–Crippen MR) is 114 cm³/mol. The topological polar surface area (TPSA) is 59.8 Å². The lowest BCUT2D eigenvalue weighted by molar-refractivity contribution is -0.132. The van der Waals surface area contributed by atoms with Crippen LogP contribution in [0.3, 0.4) is 0 Å². The first kappa shape index (κ1) is 19.5. The van der Waals surface area contributed by atoms with Gasteiger partial charge in [0.05, 0.1) is 10.4 Å². The number of halogens is 1. The molecule has 0 aliphatic carbocycles. The highest BCUT2D eigenvalue weighted by Gasteiger charge is 2.23. The van der Waals surface area contributed by atoms with Crippen LogP contribution in [0, 0.1) is 13.8 Å². The van der Waals surface area contributed by atoms with Crippen molar-refractivity contribution in [3.63, 3.8) is 0 Å². The van der Waals surface area contributed by atoms with E-state index in [4.69, 9.17) is 20.8 Å². The normalized spacial score (nSPS) is 13.8. The fourth-order valence-electron chi connectivity index (χ4n) is 3.58. The van der Waals surface area contributed by atoms with Gasteiger partial charge in [-0.2, -0.15) is 0 Å². The van der Waals surface area contributed by atoms with E-state index >= 15 is 0 Å². The summed E-state index contributed by atoms with van der Waals surface area (Å²) in [6.07, 6.45) is 1.99. The second kappa shape index (κ2) is 7.91. The van der Waals surface area contributed by atoms with E-state index < -0.39 is 0 Å². The molecule has 29 heavy (non-hydrogen) atoms. The summed E-state index contributed by atoms with van der Waals surface area (Å²) in [6.45, 7) is 5.14. The molecule has 0 spiro atoms. The van der Waals surface area contributed by atoms with Crippen molar-refractivity contribution >= 4 is 28.5 Å². The van der Waals surface area contributed by atoms with Crippen LogP contribution < -0.4 is 10.2 Å². The molecule has 2 heterocycles. The fraction of sp³-hybridized carbons (Fsp3) is 0.304. The first-order valence-electron chi connectivity index (χ1n) is 9.69. The maximum atomic E-state index is 13.3. The predicted octanol–water partition coefficient (Wildman–Crippen LogP) is 4.73. The van der Waals surface area contributed by atoms with Crippen molar-refractivity contribution in [3.8, 4) is 17.1 Å². The summed E-state index contributed by atoms with van der Waals surface area (Å²) in [4.78, 5) is 27.5. The summed E-state index contributed by atoms with van der Waals surface area (Å²) in [5.41, 5.74) is 2.71. The van der Waals surface area contributed by atoms with Crippen LogP contribution in [0.1, 0.15) is 24.0 Å². The van der Waals surface area contributed by atoms with E-state index in [2.05, 4.69) is 0 Å². The smallest absolute Gasteiger partial charge is 0.260 e. The molecule has 1 fully saturated rings. The van der Waals surface area contributed by atoms with Crippen molar-refractivity contribution in [2.24, 2.45) is 0 Å². The molecule has 0 bridgehead atoms. The van der Waals surface area contributed by atoms with E-state index in [1.54, 1.807) is 29.2 Å². The van der Waals surface area contributed by atoms with Crippen LogP contribution in [-0.2, 0) is 4.79 Å². The van der Waals surface area contributed by atoms with E-state index in [1.165, 1.54) is 0 Å². The Morgan fingerprint density at radius 3 is 2.55 bits per heavy atom. The largest absolute Gasteiger partial charge is 0.476 e. The van der Waals surface area contributed by atoms with E-state index in [9.17, 15) is 9.59 Å². The molecular formula is C23H22ClNO4. The summed E-state index contributed by atoms with van der Waals surface area (Å²) in [6, 6.07) is 10.7. The Morgan fingerprint density at radius 2 is 1.83 bits per heavy atom. The molecule has 1 aliphatic heterocycles. The molecule has 0 radical (unpaired) electrons. The highest BCUT2D eigenvalue weighted by molar-refractivity contribution is 6.33. The number of nitrogens with zero attached hydrogens (tertiary/aromatic N) is 1. The summed E-state index contributed by atoms with van der Waals surface area (Å²) in [5, 5.41) is 0.863. The first-order chi connectivity index (χ1) is 14.0. The van der Waals surface area contributed by atoms with E-state index in [1.807, 2.05) is 26.0 Å². The van der Waals surface area contributed by atoms with Gasteiger partial charge in [0.2, 0.25) is 11.2 Å². The Morgan fingerprint density at radius 1 is 1.14 bits per heavy atom. The Balaban J connectivity index is 1.83. The van der Waals surface area contributed by atoms with E-state index in [-0.39, 0.29) is 29.5 Å². The maximum absolute atomic E-state index is 13.3. The molecule has 3 aromatic rings. The Kier molecular flexibility index (Phi) is 5.33. The monoisotopic (exact) mass is 411 g/mol. The van der Waals surface area contributed by atoms with Crippen molar-refractivity contribution in [2.75, 3.05) is 19.7 Å². The van der Waals surface area contributed by atoms with Gasteiger partial charge in [0.1, 0.15) is 5.58 Å². The minimum atomic E-state index is -0.307. The van der Waals surface area contributed by atoms with Gasteiger partial charge in [-0.1, -0.05) is 23.7 Å². The molecule has 1 amide bonds. The maximum Gasteiger partial charge on any atom is 0.260 e. The third kappa shape index (κ3) is 3.75. The Bertz CT molecular complexity index is 1150. The molecule has 4 rings (SSSR count). The lowest BCUT2D eigenvalue weighted by atomic mass is 10.0. The van der Waals surface area contributed by atoms with Crippen LogP contribution >= 0.6 is 11.6 Å². The minimum Gasteiger partial charge on any atom is -0.476 e. The van der Waals surface area contributed by atoms with Crippen LogP contribution in [0.5, 0.6) is 5.75 Å². The number of carbonyl (C=O) groups excluding carboxylic acids is 1. The van der Waals surface area contributed by atoms with Crippen molar-refractivity contribution in [1.29, 1.82) is 0 Å². The number of rotatable bonds is 4. The quantitative estimate of drug-likeness (QED) is 0.622. The Labute approximate surface area is 173 Å². The van der Waals surface area contributed by atoms with Crippen LogP contribution in [0.2, 0.25) is 5.02 Å². The summed E-state index contributed by atoms with van der Waals surface area (Å²) in [7, 11) is 0. The zero-order valence-corrected chi connectivity index (χ0v) is 17.2. The third-order valence-corrected chi connectivity index (χ3v) is 5.71. The highest BCUT2D eigenvalue weighted by atomic mass is 35.5. The molecule has 1 saturated heterocycles. The summed E-state index contributed by atoms with van der Waals surface area (Å²) >= 11 is 6.36. The van der Waals surface area contributed by atoms with Crippen LogP contribution in [-0.4, -0.2) is 30.5 Å². The number of likely N-dealkylation sites (tertiary alicyclic amines) is 1. The molecule has 0 saturated carbocycles. The SMILES string of the molecule is Cc1cc2oc(-c3ccccc3Cl)c(OCC(=O)N3CCCC3)c(=O)c2cc1C. The molecule has 0 N–H and O–H groups in total. The summed E-state index contributed by atoms with van der Waals surface area (Å²) < 4.78 is 11.9. The second-order valence-electron chi connectivity index (χ2n) is 7.38. The van der Waals surface area contributed by atoms with Crippen molar-refractivity contribution in [1.82, 2.24) is 4.90 Å². The van der Waals surface area contributed by atoms with Gasteiger partial charge in [0.15, 0.2) is 12.4 Å². The molecule has 0 unspecified atom stereocenters. The van der Waals surface area contributed by atoms with Crippen LogP contribution in [0.15, 0.2) is 45.6 Å². The van der Waals surface area contributed by atoms with Crippen LogP contribution in [0.4, 0.5) is 0 Å². The van der Waals surface area contributed by atoms with Gasteiger partial charge in [-0.15, -0.1) is 0 Å². The second-order valence-corrected chi connectivity index (χ2v) is 7.79. The van der Waals surface area contributed by atoms with Gasteiger partial charge in [0.25, 0.3) is 5.91 Å². The lowest BCUT2D eigenvalue weighted by Crippen LogP contribution is -2.32. The molecule has 1 aliphatic rings. The Hall–Kier alpha value is -2.79. The number of hydrogen-bond acceptors (Lipinski definition) is 4.